The number of nitrogens with zero attached hydrogens (tertiary/aromatic N) is 1. The number of fused-ring (bicyclic) bond motifs is 1. The molecule has 4 rings (SSSR count). The van der Waals surface area contributed by atoms with Gasteiger partial charge in [-0.05, 0) is 30.9 Å². The third kappa shape index (κ3) is 2.42. The topological polar surface area (TPSA) is 59.0 Å². The number of amides is 1. The Kier molecular flexibility index (Phi) is 4.01. The Hall–Kier alpha value is -1.59. The van der Waals surface area contributed by atoms with Crippen molar-refractivity contribution >= 4 is 5.91 Å². The Morgan fingerprint density at radius 1 is 1.46 bits per heavy atom. The van der Waals surface area contributed by atoms with Gasteiger partial charge >= 0.3 is 0 Å². The molecule has 5 nitrogen and oxygen atoms in total. The van der Waals surface area contributed by atoms with Crippen molar-refractivity contribution in [2.75, 3.05) is 26.8 Å². The molecule has 3 heterocycles. The van der Waals surface area contributed by atoms with Crippen LogP contribution in [-0.4, -0.2) is 54.4 Å². The van der Waals surface area contributed by atoms with Crippen LogP contribution in [0.1, 0.15) is 24.8 Å². The summed E-state index contributed by atoms with van der Waals surface area (Å²) in [6.45, 7) is 1.59. The van der Waals surface area contributed by atoms with E-state index in [9.17, 15) is 9.90 Å². The number of likely N-dealkylation sites (tertiary alicyclic amines) is 1. The summed E-state index contributed by atoms with van der Waals surface area (Å²) in [5.41, 5.74) is 0.884. The lowest BCUT2D eigenvalue weighted by atomic mass is 9.74. The summed E-state index contributed by atoms with van der Waals surface area (Å²) in [5, 5.41) is 9.67. The fourth-order valence-corrected chi connectivity index (χ4v) is 4.93. The van der Waals surface area contributed by atoms with Gasteiger partial charge in [-0.3, -0.25) is 4.79 Å². The highest BCUT2D eigenvalue weighted by Gasteiger charge is 2.63. The van der Waals surface area contributed by atoms with Gasteiger partial charge in [0.05, 0.1) is 25.4 Å². The van der Waals surface area contributed by atoms with Crippen molar-refractivity contribution in [3.05, 3.63) is 29.8 Å². The van der Waals surface area contributed by atoms with Gasteiger partial charge in [-0.1, -0.05) is 18.2 Å². The van der Waals surface area contributed by atoms with Gasteiger partial charge in [0, 0.05) is 31.4 Å². The zero-order valence-electron chi connectivity index (χ0n) is 14.1. The Morgan fingerprint density at radius 3 is 3.08 bits per heavy atom. The third-order valence-corrected chi connectivity index (χ3v) is 6.15. The van der Waals surface area contributed by atoms with E-state index in [1.54, 1.807) is 7.11 Å². The van der Waals surface area contributed by atoms with Crippen LogP contribution >= 0.6 is 0 Å². The molecule has 0 radical (unpaired) electrons. The number of para-hydroxylation sites is 1. The number of methoxy groups -OCH3 is 1. The normalized spacial score (nSPS) is 33.8. The molecule has 1 aromatic rings. The molecule has 0 unspecified atom stereocenters. The molecule has 24 heavy (non-hydrogen) atoms. The van der Waals surface area contributed by atoms with E-state index in [2.05, 4.69) is 0 Å². The second kappa shape index (κ2) is 6.05. The predicted octanol–water partition coefficient (Wildman–Crippen LogP) is 1.63. The number of carbonyl (C=O) groups is 1. The number of benzene rings is 1. The number of aryl methyl sites for hydroxylation is 1. The Morgan fingerprint density at radius 2 is 2.29 bits per heavy atom. The van der Waals surface area contributed by atoms with Crippen molar-refractivity contribution in [2.24, 2.45) is 11.8 Å². The maximum atomic E-state index is 12.7. The van der Waals surface area contributed by atoms with E-state index < -0.39 is 0 Å². The van der Waals surface area contributed by atoms with E-state index in [1.807, 2.05) is 29.2 Å². The summed E-state index contributed by atoms with van der Waals surface area (Å²) in [6.07, 6.45) is 3.41. The highest BCUT2D eigenvalue weighted by atomic mass is 16.5. The summed E-state index contributed by atoms with van der Waals surface area (Å²) in [6, 6.07) is 7.85. The minimum Gasteiger partial charge on any atom is -0.496 e. The summed E-state index contributed by atoms with van der Waals surface area (Å²) < 4.78 is 11.6. The van der Waals surface area contributed by atoms with Crippen LogP contribution < -0.4 is 4.74 Å². The molecule has 3 fully saturated rings. The lowest BCUT2D eigenvalue weighted by Gasteiger charge is -2.27. The number of carbonyl (C=O) groups excluding carboxylic acids is 1. The molecule has 0 aliphatic carbocycles. The maximum Gasteiger partial charge on any atom is 0.223 e. The van der Waals surface area contributed by atoms with Crippen molar-refractivity contribution in [1.82, 2.24) is 4.90 Å². The van der Waals surface area contributed by atoms with E-state index in [0.29, 0.717) is 25.3 Å². The van der Waals surface area contributed by atoms with Crippen molar-refractivity contribution in [3.8, 4) is 5.75 Å². The van der Waals surface area contributed by atoms with Gasteiger partial charge in [0.1, 0.15) is 5.75 Å². The first-order valence-corrected chi connectivity index (χ1v) is 8.85. The first-order valence-electron chi connectivity index (χ1n) is 8.85. The fourth-order valence-electron chi connectivity index (χ4n) is 4.93. The van der Waals surface area contributed by atoms with Crippen LogP contribution in [0, 0.1) is 11.8 Å². The molecule has 1 amide bonds. The molecule has 0 aromatic heterocycles. The molecule has 3 aliphatic rings. The lowest BCUT2D eigenvalue weighted by Crippen LogP contribution is -2.38. The van der Waals surface area contributed by atoms with Crippen LogP contribution in [0.25, 0.3) is 0 Å². The standard InChI is InChI=1S/C19H25NO4/c1-23-16-5-3-2-4-13(16)6-7-18(22)20-10-15-14(11-21)17-8-9-19(15,12-20)24-17/h2-5,14-15,17,21H,6-12H2,1H3/t14-,15+,17+,19+/m0/s1. The second-order valence-corrected chi connectivity index (χ2v) is 7.30. The van der Waals surface area contributed by atoms with Crippen LogP contribution in [0.3, 0.4) is 0 Å². The van der Waals surface area contributed by atoms with Gasteiger partial charge in [-0.2, -0.15) is 0 Å². The number of rotatable bonds is 5. The summed E-state index contributed by atoms with van der Waals surface area (Å²) >= 11 is 0. The monoisotopic (exact) mass is 331 g/mol. The van der Waals surface area contributed by atoms with Gasteiger partial charge in [-0.15, -0.1) is 0 Å². The molecule has 5 heteroatoms. The smallest absolute Gasteiger partial charge is 0.223 e. The molecule has 1 aromatic carbocycles. The molecule has 4 atom stereocenters. The first kappa shape index (κ1) is 15.9. The van der Waals surface area contributed by atoms with Crippen LogP contribution in [0.2, 0.25) is 0 Å². The minimum atomic E-state index is -0.182. The zero-order chi connectivity index (χ0) is 16.7. The van der Waals surface area contributed by atoms with Crippen molar-refractivity contribution in [3.63, 3.8) is 0 Å². The summed E-state index contributed by atoms with van der Waals surface area (Å²) in [7, 11) is 1.66. The van der Waals surface area contributed by atoms with Crippen molar-refractivity contribution in [1.29, 1.82) is 0 Å². The summed E-state index contributed by atoms with van der Waals surface area (Å²) in [5.74, 6) is 1.51. The van der Waals surface area contributed by atoms with Crippen LogP contribution in [0.5, 0.6) is 5.75 Å². The highest BCUT2D eigenvalue weighted by molar-refractivity contribution is 5.77. The highest BCUT2D eigenvalue weighted by Crippen LogP contribution is 2.54. The number of ether oxygens (including phenoxy) is 2. The van der Waals surface area contributed by atoms with Gasteiger partial charge in [-0.25, -0.2) is 0 Å². The predicted molar refractivity (Wildman–Crippen MR) is 88.8 cm³/mol. The van der Waals surface area contributed by atoms with E-state index in [1.165, 1.54) is 0 Å². The molecular weight excluding hydrogens is 306 g/mol. The SMILES string of the molecule is COc1ccccc1CCC(=O)N1C[C@@H]2[C@H](CO)[C@H]3CC[C@]2(C1)O3. The molecule has 1 N–H and O–H groups in total. The van der Waals surface area contributed by atoms with Gasteiger partial charge in [0.2, 0.25) is 5.91 Å². The molecule has 1 spiro atoms. The fraction of sp³-hybridized carbons (Fsp3) is 0.632. The van der Waals surface area contributed by atoms with E-state index in [4.69, 9.17) is 9.47 Å². The first-order chi connectivity index (χ1) is 11.7. The molecule has 2 bridgehead atoms. The van der Waals surface area contributed by atoms with Crippen LogP contribution in [0.4, 0.5) is 0 Å². The number of hydrogen-bond donors (Lipinski definition) is 1. The second-order valence-electron chi connectivity index (χ2n) is 7.30. The average molecular weight is 331 g/mol. The van der Waals surface area contributed by atoms with Crippen molar-refractivity contribution in [2.45, 2.75) is 37.4 Å². The third-order valence-electron chi connectivity index (χ3n) is 6.15. The molecule has 3 aliphatic heterocycles. The minimum absolute atomic E-state index is 0.167. The quantitative estimate of drug-likeness (QED) is 0.891. The molecule has 3 saturated heterocycles. The largest absolute Gasteiger partial charge is 0.496 e. The molecule has 130 valence electrons. The van der Waals surface area contributed by atoms with Gasteiger partial charge in [0.15, 0.2) is 0 Å². The number of aliphatic hydroxyl groups is 1. The Bertz CT molecular complexity index is 634. The number of hydrogen-bond acceptors (Lipinski definition) is 4. The zero-order valence-corrected chi connectivity index (χ0v) is 14.1. The Balaban J connectivity index is 1.40. The number of aliphatic hydroxyl groups excluding tert-OH is 1. The van der Waals surface area contributed by atoms with Crippen molar-refractivity contribution < 1.29 is 19.4 Å². The van der Waals surface area contributed by atoms with Crippen LogP contribution in [-0.2, 0) is 16.0 Å². The summed E-state index contributed by atoms with van der Waals surface area (Å²) in [4.78, 5) is 14.6. The van der Waals surface area contributed by atoms with E-state index in [-0.39, 0.29) is 30.1 Å². The molecule has 0 saturated carbocycles. The lowest BCUT2D eigenvalue weighted by molar-refractivity contribution is -0.131. The maximum absolute atomic E-state index is 12.7. The Labute approximate surface area is 142 Å². The van der Waals surface area contributed by atoms with Gasteiger partial charge in [0.25, 0.3) is 0 Å². The van der Waals surface area contributed by atoms with E-state index in [0.717, 1.165) is 30.7 Å². The molecular formula is C19H25NO4. The van der Waals surface area contributed by atoms with Gasteiger partial charge < -0.3 is 19.5 Å². The van der Waals surface area contributed by atoms with E-state index >= 15 is 0 Å². The van der Waals surface area contributed by atoms with Crippen LogP contribution in [0.15, 0.2) is 24.3 Å². The average Bonchev–Trinajstić information content (AvgIpc) is 3.27.